The average molecular weight is 190 g/mol. The molecule has 0 aliphatic heterocycles. The van der Waals surface area contributed by atoms with E-state index in [1.165, 1.54) is 19.3 Å². The van der Waals surface area contributed by atoms with Gasteiger partial charge in [-0.3, -0.25) is 0 Å². The second-order valence-corrected chi connectivity index (χ2v) is 2.93. The van der Waals surface area contributed by atoms with Crippen LogP contribution in [0.4, 0.5) is 0 Å². The Kier molecular flexibility index (Phi) is 20.8. The largest absolute Gasteiger partial charge is 0.0935 e. The summed E-state index contributed by atoms with van der Waals surface area (Å²) >= 11 is 9.12. The van der Waals surface area contributed by atoms with Crippen LogP contribution >= 0.6 is 24.4 Å². The Hall–Kier alpha value is 0.180. The van der Waals surface area contributed by atoms with Crippen LogP contribution in [0, 0.1) is 0 Å². The number of unbranched alkanes of at least 4 members (excludes halogenated alkanes) is 3. The van der Waals surface area contributed by atoms with Gasteiger partial charge < -0.3 is 0 Å². The van der Waals surface area contributed by atoms with Gasteiger partial charge in [0.15, 0.2) is 0 Å². The van der Waals surface area contributed by atoms with Gasteiger partial charge in [0.1, 0.15) is 0 Å². The van der Waals surface area contributed by atoms with Crippen LogP contribution in [0.5, 0.6) is 0 Å². The lowest BCUT2D eigenvalue weighted by Gasteiger charge is -1.80. The molecular formula is C9H18S2. The standard InChI is InChI=1S/C5H10S.C4H8S/c1-2-3-4-5-6;1-2-3-4-5/h5H,2-4H2,1H3;4H,2-3H2,1H3. The predicted molar refractivity (Wildman–Crippen MR) is 61.7 cm³/mol. The fourth-order valence-corrected chi connectivity index (χ4v) is 0.808. The van der Waals surface area contributed by atoms with Crippen molar-refractivity contribution >= 4 is 35.2 Å². The molecule has 0 aliphatic carbocycles. The van der Waals surface area contributed by atoms with Crippen molar-refractivity contribution in [2.75, 3.05) is 0 Å². The monoisotopic (exact) mass is 190 g/mol. The molecule has 0 saturated carbocycles. The smallest absolute Gasteiger partial charge is 0.0210 e. The van der Waals surface area contributed by atoms with Gasteiger partial charge in [-0.1, -0.05) is 51.1 Å². The van der Waals surface area contributed by atoms with E-state index < -0.39 is 0 Å². The van der Waals surface area contributed by atoms with Gasteiger partial charge in [0, 0.05) is 0 Å². The van der Waals surface area contributed by atoms with Gasteiger partial charge in [0.2, 0.25) is 0 Å². The minimum Gasteiger partial charge on any atom is -0.0935 e. The molecule has 0 rings (SSSR count). The molecule has 0 aromatic heterocycles. The van der Waals surface area contributed by atoms with Gasteiger partial charge in [0.25, 0.3) is 0 Å². The third kappa shape index (κ3) is 25.4. The molecular weight excluding hydrogens is 172 g/mol. The summed E-state index contributed by atoms with van der Waals surface area (Å²) in [5.41, 5.74) is 0. The molecule has 66 valence electrons. The van der Waals surface area contributed by atoms with Crippen molar-refractivity contribution in [3.05, 3.63) is 0 Å². The van der Waals surface area contributed by atoms with Crippen LogP contribution in [-0.4, -0.2) is 10.7 Å². The van der Waals surface area contributed by atoms with E-state index in [9.17, 15) is 0 Å². The third-order valence-electron chi connectivity index (χ3n) is 1.08. The summed E-state index contributed by atoms with van der Waals surface area (Å²) in [6, 6.07) is 0. The molecule has 0 aromatic rings. The molecule has 0 N–H and O–H groups in total. The zero-order valence-corrected chi connectivity index (χ0v) is 9.14. The SMILES string of the molecule is CCCC=S.CCCCC=S. The highest BCUT2D eigenvalue weighted by Gasteiger charge is 1.72. The highest BCUT2D eigenvalue weighted by atomic mass is 32.1. The van der Waals surface area contributed by atoms with E-state index in [4.69, 9.17) is 0 Å². The van der Waals surface area contributed by atoms with Crippen LogP contribution in [0.15, 0.2) is 0 Å². The molecule has 0 aromatic carbocycles. The van der Waals surface area contributed by atoms with Crippen molar-refractivity contribution in [2.45, 2.75) is 46.0 Å². The minimum atomic E-state index is 1.08. The maximum atomic E-state index is 4.59. The topological polar surface area (TPSA) is 0 Å². The van der Waals surface area contributed by atoms with Gasteiger partial charge in [-0.15, -0.1) is 0 Å². The molecule has 0 spiro atoms. The second-order valence-electron chi connectivity index (χ2n) is 2.26. The summed E-state index contributed by atoms with van der Waals surface area (Å²) < 4.78 is 0. The van der Waals surface area contributed by atoms with Crippen molar-refractivity contribution < 1.29 is 0 Å². The van der Waals surface area contributed by atoms with Crippen LogP contribution in [-0.2, 0) is 0 Å². The fourth-order valence-electron chi connectivity index (χ4n) is 0.405. The van der Waals surface area contributed by atoms with E-state index in [0.717, 1.165) is 12.8 Å². The Morgan fingerprint density at radius 3 is 1.55 bits per heavy atom. The molecule has 11 heavy (non-hydrogen) atoms. The maximum absolute atomic E-state index is 4.59. The first-order valence-corrected chi connectivity index (χ1v) is 5.14. The summed E-state index contributed by atoms with van der Waals surface area (Å²) in [5.74, 6) is 0. The zero-order valence-electron chi connectivity index (χ0n) is 7.51. The highest BCUT2D eigenvalue weighted by molar-refractivity contribution is 7.79. The van der Waals surface area contributed by atoms with E-state index in [-0.39, 0.29) is 0 Å². The quantitative estimate of drug-likeness (QED) is 0.475. The molecule has 0 radical (unpaired) electrons. The Labute approximate surface area is 81.4 Å². The molecule has 2 heteroatoms. The number of rotatable bonds is 5. The number of hydrogen-bond acceptors (Lipinski definition) is 2. The second kappa shape index (κ2) is 16.6. The Morgan fingerprint density at radius 2 is 1.45 bits per heavy atom. The molecule has 0 fully saturated rings. The highest BCUT2D eigenvalue weighted by Crippen LogP contribution is 1.88. The summed E-state index contributed by atoms with van der Waals surface area (Å²) in [4.78, 5) is 0. The van der Waals surface area contributed by atoms with Crippen LogP contribution < -0.4 is 0 Å². The molecule has 0 aliphatic rings. The predicted octanol–water partition coefficient (Wildman–Crippen LogP) is 3.96. The lowest BCUT2D eigenvalue weighted by molar-refractivity contribution is 0.847. The Balaban J connectivity index is 0. The normalized spacial score (nSPS) is 7.82. The summed E-state index contributed by atoms with van der Waals surface area (Å²) in [5, 5.41) is 3.56. The van der Waals surface area contributed by atoms with Gasteiger partial charge in [-0.25, -0.2) is 0 Å². The number of thiocarbonyl (C=S) groups is 2. The van der Waals surface area contributed by atoms with E-state index in [0.29, 0.717) is 0 Å². The molecule has 0 saturated heterocycles. The molecule has 0 nitrogen and oxygen atoms in total. The van der Waals surface area contributed by atoms with Crippen LogP contribution in [0.2, 0.25) is 0 Å². The first-order valence-electron chi connectivity index (χ1n) is 4.20. The molecule has 0 bridgehead atoms. The lowest BCUT2D eigenvalue weighted by Crippen LogP contribution is -1.67. The van der Waals surface area contributed by atoms with Gasteiger partial charge >= 0.3 is 0 Å². The number of hydrogen-bond donors (Lipinski definition) is 0. The molecule has 0 heterocycles. The summed E-state index contributed by atoms with van der Waals surface area (Å²) in [7, 11) is 0. The Bertz CT molecular complexity index is 79.6. The van der Waals surface area contributed by atoms with E-state index in [1.54, 1.807) is 10.7 Å². The van der Waals surface area contributed by atoms with Crippen molar-refractivity contribution in [2.24, 2.45) is 0 Å². The molecule has 0 unspecified atom stereocenters. The lowest BCUT2D eigenvalue weighted by atomic mass is 10.3. The van der Waals surface area contributed by atoms with E-state index in [1.807, 2.05) is 0 Å². The first-order chi connectivity index (χ1) is 5.33. The molecule has 0 atom stereocenters. The van der Waals surface area contributed by atoms with Crippen LogP contribution in [0.1, 0.15) is 46.0 Å². The van der Waals surface area contributed by atoms with Crippen LogP contribution in [0.3, 0.4) is 0 Å². The Morgan fingerprint density at radius 1 is 0.909 bits per heavy atom. The van der Waals surface area contributed by atoms with E-state index in [2.05, 4.69) is 38.3 Å². The van der Waals surface area contributed by atoms with Crippen molar-refractivity contribution in [1.29, 1.82) is 0 Å². The van der Waals surface area contributed by atoms with Crippen LogP contribution in [0.25, 0.3) is 0 Å². The zero-order chi connectivity index (χ0) is 8.95. The average Bonchev–Trinajstić information content (AvgIpc) is 2.04. The summed E-state index contributed by atoms with van der Waals surface area (Å²) in [6.07, 6.45) is 5.88. The third-order valence-corrected chi connectivity index (χ3v) is 1.55. The van der Waals surface area contributed by atoms with Crippen molar-refractivity contribution in [3.63, 3.8) is 0 Å². The minimum absolute atomic E-state index is 1.08. The van der Waals surface area contributed by atoms with Gasteiger partial charge in [-0.05, 0) is 30.0 Å². The van der Waals surface area contributed by atoms with Crippen molar-refractivity contribution in [1.82, 2.24) is 0 Å². The van der Waals surface area contributed by atoms with Crippen molar-refractivity contribution in [3.8, 4) is 0 Å². The van der Waals surface area contributed by atoms with E-state index >= 15 is 0 Å². The van der Waals surface area contributed by atoms with Gasteiger partial charge in [0.05, 0.1) is 0 Å². The van der Waals surface area contributed by atoms with Gasteiger partial charge in [-0.2, -0.15) is 0 Å². The maximum Gasteiger partial charge on any atom is -0.0210 e. The first kappa shape index (κ1) is 13.7. The fraction of sp³-hybridized carbons (Fsp3) is 0.778. The summed E-state index contributed by atoms with van der Waals surface area (Å²) in [6.45, 7) is 4.28. The molecule has 0 amide bonds.